The second kappa shape index (κ2) is 9.17. The van der Waals surface area contributed by atoms with Gasteiger partial charge >= 0.3 is 0 Å². The molecule has 0 atom stereocenters. The first kappa shape index (κ1) is 19.7. The Bertz CT molecular complexity index is 840. The van der Waals surface area contributed by atoms with Gasteiger partial charge in [-0.1, -0.05) is 23.2 Å². The molecular weight excluding hydrogens is 377 g/mol. The summed E-state index contributed by atoms with van der Waals surface area (Å²) in [5.74, 6) is 1.59. The van der Waals surface area contributed by atoms with Crippen LogP contribution in [0.2, 0.25) is 10.0 Å². The van der Waals surface area contributed by atoms with Crippen LogP contribution in [-0.4, -0.2) is 32.6 Å². The second-order valence-electron chi connectivity index (χ2n) is 5.10. The van der Waals surface area contributed by atoms with Crippen molar-refractivity contribution in [1.82, 2.24) is 0 Å². The molecule has 0 aliphatic heterocycles. The van der Waals surface area contributed by atoms with Crippen molar-refractivity contribution < 1.29 is 9.47 Å². The van der Waals surface area contributed by atoms with Gasteiger partial charge < -0.3 is 26.3 Å². The number of hydrogen-bond donors (Lipinski definition) is 3. The summed E-state index contributed by atoms with van der Waals surface area (Å²) in [6.45, 7) is 0.117. The lowest BCUT2D eigenvalue weighted by molar-refractivity contribution is 0.415. The Morgan fingerprint density at radius 1 is 1.00 bits per heavy atom. The number of aliphatic imine (C=N–C) groups is 2. The third-order valence-electron chi connectivity index (χ3n) is 3.24. The predicted octanol–water partition coefficient (Wildman–Crippen LogP) is 3.43. The van der Waals surface area contributed by atoms with Crippen LogP contribution in [0, 0.1) is 0 Å². The Morgan fingerprint density at radius 3 is 2.19 bits per heavy atom. The van der Waals surface area contributed by atoms with E-state index in [2.05, 4.69) is 15.3 Å². The van der Waals surface area contributed by atoms with Gasteiger partial charge in [-0.3, -0.25) is 0 Å². The monoisotopic (exact) mass is 395 g/mol. The van der Waals surface area contributed by atoms with Gasteiger partial charge in [0.1, 0.15) is 23.9 Å². The summed E-state index contributed by atoms with van der Waals surface area (Å²) in [5.41, 5.74) is 13.0. The van der Waals surface area contributed by atoms with Crippen LogP contribution in [0.1, 0.15) is 0 Å². The Hall–Kier alpha value is -2.64. The number of nitrogens with one attached hydrogen (secondary N) is 1. The van der Waals surface area contributed by atoms with Gasteiger partial charge in [-0.2, -0.15) is 0 Å². The molecule has 0 saturated carbocycles. The Labute approximate surface area is 161 Å². The number of rotatable bonds is 6. The zero-order valence-electron chi connectivity index (χ0n) is 14.3. The molecule has 0 fully saturated rings. The third-order valence-corrected chi connectivity index (χ3v) is 3.83. The molecule has 0 aliphatic carbocycles. The summed E-state index contributed by atoms with van der Waals surface area (Å²) < 4.78 is 10.2. The fourth-order valence-electron chi connectivity index (χ4n) is 2.02. The lowest BCUT2D eigenvalue weighted by Gasteiger charge is -2.08. The summed E-state index contributed by atoms with van der Waals surface area (Å²) in [4.78, 5) is 8.38. The molecule has 0 aliphatic rings. The third kappa shape index (κ3) is 5.44. The molecule has 0 heterocycles. The summed E-state index contributed by atoms with van der Waals surface area (Å²) in [7, 11) is 3.08. The SMILES string of the molecule is COc1ccc(N=C(N)CN=C(N)Nc2ccc(OC)c(Cl)c2)cc1Cl. The van der Waals surface area contributed by atoms with E-state index in [0.717, 1.165) is 0 Å². The summed E-state index contributed by atoms with van der Waals surface area (Å²) >= 11 is 12.1. The molecule has 0 amide bonds. The molecule has 2 aromatic rings. The minimum atomic E-state index is 0.117. The van der Waals surface area contributed by atoms with Gasteiger partial charge in [-0.25, -0.2) is 9.98 Å². The molecule has 0 spiro atoms. The van der Waals surface area contributed by atoms with E-state index in [1.165, 1.54) is 0 Å². The summed E-state index contributed by atoms with van der Waals surface area (Å²) in [6.07, 6.45) is 0. The van der Waals surface area contributed by atoms with Crippen LogP contribution < -0.4 is 26.3 Å². The highest BCUT2D eigenvalue weighted by Gasteiger charge is 2.04. The minimum absolute atomic E-state index is 0.117. The number of guanidine groups is 1. The number of nitrogens with two attached hydrogens (primary N) is 2. The molecule has 0 unspecified atom stereocenters. The number of hydrogen-bond acceptors (Lipinski definition) is 4. The predicted molar refractivity (Wildman–Crippen MR) is 107 cm³/mol. The summed E-state index contributed by atoms with van der Waals surface area (Å²) in [6, 6.07) is 10.3. The van der Waals surface area contributed by atoms with Gasteiger partial charge in [-0.15, -0.1) is 0 Å². The smallest absolute Gasteiger partial charge is 0.193 e. The second-order valence-corrected chi connectivity index (χ2v) is 5.91. The van der Waals surface area contributed by atoms with E-state index in [1.54, 1.807) is 50.6 Å². The first-order valence-corrected chi connectivity index (χ1v) is 8.25. The van der Waals surface area contributed by atoms with Gasteiger partial charge in [0.05, 0.1) is 30.0 Å². The average Bonchev–Trinajstić information content (AvgIpc) is 2.60. The number of amidine groups is 1. The van der Waals surface area contributed by atoms with Crippen molar-refractivity contribution in [2.45, 2.75) is 0 Å². The quantitative estimate of drug-likeness (QED) is 0.512. The lowest BCUT2D eigenvalue weighted by Crippen LogP contribution is -2.25. The van der Waals surface area contributed by atoms with Gasteiger partial charge in [0.15, 0.2) is 5.96 Å². The number of anilines is 1. The number of benzene rings is 2. The first-order chi connectivity index (χ1) is 12.4. The topological polar surface area (TPSA) is 107 Å². The van der Waals surface area contributed by atoms with Crippen molar-refractivity contribution in [1.29, 1.82) is 0 Å². The molecule has 9 heteroatoms. The number of ether oxygens (including phenoxy) is 2. The van der Waals surface area contributed by atoms with Crippen LogP contribution in [0.3, 0.4) is 0 Å². The highest BCUT2D eigenvalue weighted by Crippen LogP contribution is 2.28. The standard InChI is InChI=1S/C17H19Cl2N5O2/c1-25-14-5-3-10(7-12(14)18)23-16(20)9-22-17(21)24-11-4-6-15(26-2)13(19)8-11/h3-8H,9H2,1-2H3,(H2,20,23)(H3,21,22,24). The van der Waals surface area contributed by atoms with Crippen LogP contribution in [0.25, 0.3) is 0 Å². The van der Waals surface area contributed by atoms with Gasteiger partial charge in [0.25, 0.3) is 0 Å². The maximum atomic E-state index is 6.06. The van der Waals surface area contributed by atoms with Crippen molar-refractivity contribution in [2.24, 2.45) is 21.5 Å². The lowest BCUT2D eigenvalue weighted by atomic mass is 10.3. The van der Waals surface area contributed by atoms with Gasteiger partial charge in [-0.05, 0) is 36.4 Å². The fourth-order valence-corrected chi connectivity index (χ4v) is 2.53. The van der Waals surface area contributed by atoms with Crippen molar-refractivity contribution in [3.63, 3.8) is 0 Å². The number of halogens is 2. The van der Waals surface area contributed by atoms with E-state index in [0.29, 0.717) is 32.9 Å². The van der Waals surface area contributed by atoms with E-state index in [1.807, 2.05) is 0 Å². The number of methoxy groups -OCH3 is 2. The maximum Gasteiger partial charge on any atom is 0.193 e. The van der Waals surface area contributed by atoms with Gasteiger partial charge in [0, 0.05) is 5.69 Å². The van der Waals surface area contributed by atoms with Crippen LogP contribution in [0.4, 0.5) is 11.4 Å². The Kier molecular flexibility index (Phi) is 6.94. The highest BCUT2D eigenvalue weighted by atomic mass is 35.5. The number of nitrogens with zero attached hydrogens (tertiary/aromatic N) is 2. The normalized spacial score (nSPS) is 12.0. The maximum absolute atomic E-state index is 6.06. The Morgan fingerprint density at radius 2 is 1.62 bits per heavy atom. The zero-order chi connectivity index (χ0) is 19.1. The van der Waals surface area contributed by atoms with E-state index >= 15 is 0 Å². The van der Waals surface area contributed by atoms with E-state index in [4.69, 9.17) is 44.1 Å². The van der Waals surface area contributed by atoms with E-state index in [9.17, 15) is 0 Å². The first-order valence-electron chi connectivity index (χ1n) is 7.50. The fraction of sp³-hybridized carbons (Fsp3) is 0.176. The molecule has 0 aromatic heterocycles. The molecular formula is C17H19Cl2N5O2. The van der Waals surface area contributed by atoms with Gasteiger partial charge in [0.2, 0.25) is 0 Å². The molecule has 7 nitrogen and oxygen atoms in total. The van der Waals surface area contributed by atoms with Crippen molar-refractivity contribution in [2.75, 3.05) is 26.1 Å². The van der Waals surface area contributed by atoms with Crippen LogP contribution >= 0.6 is 23.2 Å². The average molecular weight is 396 g/mol. The Balaban J connectivity index is 2.01. The molecule has 5 N–H and O–H groups in total. The molecule has 0 bridgehead atoms. The van der Waals surface area contributed by atoms with Crippen LogP contribution in [0.5, 0.6) is 11.5 Å². The largest absolute Gasteiger partial charge is 0.495 e. The van der Waals surface area contributed by atoms with Crippen molar-refractivity contribution in [3.8, 4) is 11.5 Å². The summed E-state index contributed by atoms with van der Waals surface area (Å²) in [5, 5.41) is 3.82. The molecule has 0 radical (unpaired) electrons. The van der Waals surface area contributed by atoms with Crippen LogP contribution in [0.15, 0.2) is 46.4 Å². The molecule has 26 heavy (non-hydrogen) atoms. The van der Waals surface area contributed by atoms with Crippen LogP contribution in [-0.2, 0) is 0 Å². The molecule has 138 valence electrons. The molecule has 2 aromatic carbocycles. The van der Waals surface area contributed by atoms with E-state index < -0.39 is 0 Å². The molecule has 2 rings (SSSR count). The zero-order valence-corrected chi connectivity index (χ0v) is 15.8. The minimum Gasteiger partial charge on any atom is -0.495 e. The molecule has 0 saturated heterocycles. The highest BCUT2D eigenvalue weighted by molar-refractivity contribution is 6.32. The van der Waals surface area contributed by atoms with E-state index in [-0.39, 0.29) is 18.3 Å². The van der Waals surface area contributed by atoms with Crippen molar-refractivity contribution in [3.05, 3.63) is 46.4 Å². The van der Waals surface area contributed by atoms with Crippen molar-refractivity contribution >= 4 is 46.4 Å².